The monoisotopic (exact) mass is 473 g/mol. The molecule has 0 bridgehead atoms. The minimum Gasteiger partial charge on any atom is -0.336 e. The van der Waals surface area contributed by atoms with E-state index in [4.69, 9.17) is 0 Å². The van der Waals surface area contributed by atoms with Gasteiger partial charge in [-0.3, -0.25) is 14.9 Å². The molecule has 2 heterocycles. The van der Waals surface area contributed by atoms with Crippen LogP contribution < -0.4 is 0 Å². The molecule has 1 aliphatic heterocycles. The number of nitro benzene ring substituents is 1. The zero-order chi connectivity index (χ0) is 19.8. The topological polar surface area (TPSA) is 101 Å². The summed E-state index contributed by atoms with van der Waals surface area (Å²) in [4.78, 5) is 24.7. The number of carbonyl (C=O) groups excluding carboxylic acids is 1. The third-order valence-electron chi connectivity index (χ3n) is 4.32. The molecule has 0 spiro atoms. The SMILES string of the molecule is Cc1ccc(C(=O)N2CCN(S(=O)(=O)c3ccc(Br)s3)CC2)cc1[N+](=O)[O-]. The Labute approximate surface area is 168 Å². The quantitative estimate of drug-likeness (QED) is 0.501. The summed E-state index contributed by atoms with van der Waals surface area (Å²) in [5, 5.41) is 11.1. The number of halogens is 1. The van der Waals surface area contributed by atoms with Gasteiger partial charge in [0.25, 0.3) is 21.6 Å². The molecular formula is C16H16BrN3O5S2. The summed E-state index contributed by atoms with van der Waals surface area (Å²) >= 11 is 4.40. The highest BCUT2D eigenvalue weighted by atomic mass is 79.9. The van der Waals surface area contributed by atoms with E-state index in [9.17, 15) is 23.3 Å². The van der Waals surface area contributed by atoms with Crippen LogP contribution in [0.4, 0.5) is 5.69 Å². The number of aryl methyl sites for hydroxylation is 1. The highest BCUT2D eigenvalue weighted by molar-refractivity contribution is 9.11. The number of carbonyl (C=O) groups is 1. The molecule has 2 aromatic rings. The first-order chi connectivity index (χ1) is 12.7. The summed E-state index contributed by atoms with van der Waals surface area (Å²) in [5.41, 5.74) is 0.603. The molecule has 8 nitrogen and oxygen atoms in total. The van der Waals surface area contributed by atoms with Gasteiger partial charge in [-0.25, -0.2) is 8.42 Å². The Morgan fingerprint density at radius 1 is 1.19 bits per heavy atom. The molecule has 144 valence electrons. The molecule has 1 aromatic carbocycles. The van der Waals surface area contributed by atoms with Gasteiger partial charge in [-0.15, -0.1) is 11.3 Å². The fraction of sp³-hybridized carbons (Fsp3) is 0.312. The molecule has 3 rings (SSSR count). The molecule has 1 aliphatic rings. The molecule has 0 radical (unpaired) electrons. The van der Waals surface area contributed by atoms with Crippen LogP contribution in [0.2, 0.25) is 0 Å². The largest absolute Gasteiger partial charge is 0.336 e. The Morgan fingerprint density at radius 3 is 2.41 bits per heavy atom. The molecule has 27 heavy (non-hydrogen) atoms. The summed E-state index contributed by atoms with van der Waals surface area (Å²) in [6, 6.07) is 7.59. The van der Waals surface area contributed by atoms with Gasteiger partial charge in [0, 0.05) is 43.4 Å². The van der Waals surface area contributed by atoms with Crippen molar-refractivity contribution in [3.05, 3.63) is 55.4 Å². The number of hydrogen-bond donors (Lipinski definition) is 0. The second-order valence-corrected chi connectivity index (χ2v) is 10.6. The predicted octanol–water partition coefficient (Wildman–Crippen LogP) is 2.87. The molecule has 0 saturated carbocycles. The smallest absolute Gasteiger partial charge is 0.273 e. The van der Waals surface area contributed by atoms with Gasteiger partial charge in [0.05, 0.1) is 8.71 Å². The average molecular weight is 474 g/mol. The number of thiophene rings is 1. The molecule has 0 aliphatic carbocycles. The Bertz CT molecular complexity index is 997. The predicted molar refractivity (Wildman–Crippen MR) is 105 cm³/mol. The Kier molecular flexibility index (Phi) is 5.65. The van der Waals surface area contributed by atoms with Gasteiger partial charge in [-0.05, 0) is 41.1 Å². The van der Waals surface area contributed by atoms with E-state index in [1.54, 1.807) is 31.2 Å². The molecular weight excluding hydrogens is 458 g/mol. The molecule has 1 aromatic heterocycles. The van der Waals surface area contributed by atoms with Crippen LogP contribution in [0.3, 0.4) is 0 Å². The number of piperazine rings is 1. The minimum atomic E-state index is -3.58. The number of nitrogens with zero attached hydrogens (tertiary/aromatic N) is 3. The van der Waals surface area contributed by atoms with E-state index in [0.29, 0.717) is 5.56 Å². The molecule has 11 heteroatoms. The lowest BCUT2D eigenvalue weighted by Crippen LogP contribution is -2.50. The lowest BCUT2D eigenvalue weighted by Gasteiger charge is -2.33. The average Bonchev–Trinajstić information content (AvgIpc) is 3.08. The minimum absolute atomic E-state index is 0.106. The van der Waals surface area contributed by atoms with E-state index in [2.05, 4.69) is 15.9 Å². The molecule has 1 amide bonds. The summed E-state index contributed by atoms with van der Waals surface area (Å²) in [6.45, 7) is 2.42. The van der Waals surface area contributed by atoms with Crippen LogP contribution >= 0.6 is 27.3 Å². The van der Waals surface area contributed by atoms with Gasteiger partial charge in [0.15, 0.2) is 0 Å². The second kappa shape index (κ2) is 7.66. The van der Waals surface area contributed by atoms with Crippen LogP contribution in [0, 0.1) is 17.0 Å². The first kappa shape index (κ1) is 19.9. The standard InChI is InChI=1S/C16H16BrN3O5S2/c1-11-2-3-12(10-13(11)20(22)23)16(21)18-6-8-19(9-7-18)27(24,25)15-5-4-14(17)26-15/h2-5,10H,6-9H2,1H3. The van der Waals surface area contributed by atoms with Crippen molar-refractivity contribution in [3.63, 3.8) is 0 Å². The number of amides is 1. The number of hydrogen-bond acceptors (Lipinski definition) is 6. The van der Waals surface area contributed by atoms with Crippen LogP contribution in [-0.2, 0) is 10.0 Å². The van der Waals surface area contributed by atoms with E-state index in [0.717, 1.165) is 15.1 Å². The third-order valence-corrected chi connectivity index (χ3v) is 8.31. The first-order valence-corrected chi connectivity index (χ1v) is 11.0. The lowest BCUT2D eigenvalue weighted by molar-refractivity contribution is -0.385. The lowest BCUT2D eigenvalue weighted by atomic mass is 10.1. The van der Waals surface area contributed by atoms with Crippen molar-refractivity contribution in [1.82, 2.24) is 9.21 Å². The molecule has 1 saturated heterocycles. The van der Waals surface area contributed by atoms with Crippen molar-refractivity contribution in [1.29, 1.82) is 0 Å². The van der Waals surface area contributed by atoms with E-state index in [-0.39, 0.29) is 47.5 Å². The zero-order valence-electron chi connectivity index (χ0n) is 14.3. The molecule has 0 unspecified atom stereocenters. The summed E-state index contributed by atoms with van der Waals surface area (Å²) in [7, 11) is -3.58. The number of rotatable bonds is 4. The molecule has 0 N–H and O–H groups in total. The fourth-order valence-electron chi connectivity index (χ4n) is 2.82. The summed E-state index contributed by atoms with van der Waals surface area (Å²) < 4.78 is 27.6. The number of benzene rings is 1. The zero-order valence-corrected chi connectivity index (χ0v) is 17.5. The Balaban J connectivity index is 1.71. The third kappa shape index (κ3) is 4.05. The second-order valence-electron chi connectivity index (χ2n) is 6.01. The van der Waals surface area contributed by atoms with E-state index >= 15 is 0 Å². The maximum absolute atomic E-state index is 12.6. The normalized spacial score (nSPS) is 15.7. The van der Waals surface area contributed by atoms with E-state index in [1.165, 1.54) is 15.3 Å². The molecule has 0 atom stereocenters. The highest BCUT2D eigenvalue weighted by Gasteiger charge is 2.31. The van der Waals surface area contributed by atoms with Crippen molar-refractivity contribution in [2.75, 3.05) is 26.2 Å². The van der Waals surface area contributed by atoms with Gasteiger partial charge >= 0.3 is 0 Å². The highest BCUT2D eigenvalue weighted by Crippen LogP contribution is 2.29. The molecule has 1 fully saturated rings. The Morgan fingerprint density at radius 2 is 1.85 bits per heavy atom. The summed E-state index contributed by atoms with van der Waals surface area (Å²) in [6.07, 6.45) is 0. The van der Waals surface area contributed by atoms with Crippen LogP contribution in [0.25, 0.3) is 0 Å². The van der Waals surface area contributed by atoms with Crippen LogP contribution in [0.1, 0.15) is 15.9 Å². The van der Waals surface area contributed by atoms with Gasteiger partial charge < -0.3 is 4.90 Å². The van der Waals surface area contributed by atoms with Crippen molar-refractivity contribution < 1.29 is 18.1 Å². The van der Waals surface area contributed by atoms with Crippen LogP contribution in [-0.4, -0.2) is 54.6 Å². The van der Waals surface area contributed by atoms with E-state index < -0.39 is 14.9 Å². The fourth-order valence-corrected chi connectivity index (χ4v) is 6.40. The first-order valence-electron chi connectivity index (χ1n) is 8.00. The van der Waals surface area contributed by atoms with Gasteiger partial charge in [-0.2, -0.15) is 4.31 Å². The van der Waals surface area contributed by atoms with Crippen molar-refractivity contribution in [2.45, 2.75) is 11.1 Å². The van der Waals surface area contributed by atoms with Gasteiger partial charge in [0.2, 0.25) is 0 Å². The maximum Gasteiger partial charge on any atom is 0.273 e. The summed E-state index contributed by atoms with van der Waals surface area (Å²) in [5.74, 6) is -0.339. The maximum atomic E-state index is 12.6. The van der Waals surface area contributed by atoms with Gasteiger partial charge in [0.1, 0.15) is 4.21 Å². The van der Waals surface area contributed by atoms with Crippen molar-refractivity contribution in [3.8, 4) is 0 Å². The van der Waals surface area contributed by atoms with Crippen LogP contribution in [0.5, 0.6) is 0 Å². The van der Waals surface area contributed by atoms with Crippen LogP contribution in [0.15, 0.2) is 38.3 Å². The number of nitro groups is 1. The van der Waals surface area contributed by atoms with Crippen molar-refractivity contribution >= 4 is 48.9 Å². The Hall–Kier alpha value is -1.82. The van der Waals surface area contributed by atoms with Gasteiger partial charge in [-0.1, -0.05) is 6.07 Å². The number of sulfonamides is 1. The van der Waals surface area contributed by atoms with Crippen molar-refractivity contribution in [2.24, 2.45) is 0 Å². The van der Waals surface area contributed by atoms with E-state index in [1.807, 2.05) is 0 Å².